The molecule has 1 nitrogen and oxygen atoms in total. The van der Waals surface area contributed by atoms with Gasteiger partial charge in [-0.15, -0.1) is 0 Å². The summed E-state index contributed by atoms with van der Waals surface area (Å²) in [4.78, 5) is 0. The van der Waals surface area contributed by atoms with Gasteiger partial charge in [0.15, 0.2) is 0 Å². The first-order chi connectivity index (χ1) is 8.72. The molecule has 0 saturated carbocycles. The van der Waals surface area contributed by atoms with Crippen molar-refractivity contribution in [3.8, 4) is 0 Å². The molecule has 0 radical (unpaired) electrons. The number of fused-ring (bicyclic) bond motifs is 1. The highest BCUT2D eigenvalue weighted by Crippen LogP contribution is 2.28. The molecule has 18 heavy (non-hydrogen) atoms. The lowest BCUT2D eigenvalue weighted by molar-refractivity contribution is 0.440. The van der Waals surface area contributed by atoms with Crippen LogP contribution in [0, 0.1) is 5.92 Å². The van der Waals surface area contributed by atoms with Crippen molar-refractivity contribution in [1.29, 1.82) is 0 Å². The topological polar surface area (TPSA) is 12.0 Å². The molecular weight excluding hydrogens is 218 g/mol. The quantitative estimate of drug-likeness (QED) is 0.810. The predicted octanol–water partition coefficient (Wildman–Crippen LogP) is 4.54. The molecule has 0 fully saturated rings. The molecule has 2 aromatic rings. The van der Waals surface area contributed by atoms with Crippen molar-refractivity contribution in [1.82, 2.24) is 5.32 Å². The Hall–Kier alpha value is -1.34. The number of hydrogen-bond acceptors (Lipinski definition) is 1. The van der Waals surface area contributed by atoms with E-state index in [2.05, 4.69) is 68.6 Å². The van der Waals surface area contributed by atoms with Gasteiger partial charge in [-0.25, -0.2) is 0 Å². The van der Waals surface area contributed by atoms with Gasteiger partial charge in [0.2, 0.25) is 0 Å². The van der Waals surface area contributed by atoms with Crippen molar-refractivity contribution in [2.24, 2.45) is 5.92 Å². The molecule has 0 aliphatic rings. The van der Waals surface area contributed by atoms with Gasteiger partial charge in [-0.3, -0.25) is 0 Å². The van der Waals surface area contributed by atoms with Gasteiger partial charge >= 0.3 is 0 Å². The van der Waals surface area contributed by atoms with Gasteiger partial charge in [-0.05, 0) is 35.2 Å². The Morgan fingerprint density at radius 2 is 1.72 bits per heavy atom. The minimum Gasteiger partial charge on any atom is -0.310 e. The normalized spacial score (nSPS) is 13.1. The van der Waals surface area contributed by atoms with E-state index in [1.807, 2.05) is 0 Å². The smallest absolute Gasteiger partial charge is 0.0328 e. The maximum atomic E-state index is 3.62. The van der Waals surface area contributed by atoms with E-state index in [1.54, 1.807) is 0 Å². The van der Waals surface area contributed by atoms with Gasteiger partial charge in [0.05, 0.1) is 0 Å². The van der Waals surface area contributed by atoms with E-state index >= 15 is 0 Å². The van der Waals surface area contributed by atoms with Crippen molar-refractivity contribution in [2.45, 2.75) is 33.2 Å². The first-order valence-electron chi connectivity index (χ1n) is 6.93. The molecule has 2 rings (SSSR count). The van der Waals surface area contributed by atoms with Gasteiger partial charge in [0.25, 0.3) is 0 Å². The standard InChI is InChI=1S/C17H23N/c1-4-18-17(12-13(2)3)16-11-7-9-14-8-5-6-10-15(14)16/h5-11,13,17-18H,4,12H2,1-3H3. The van der Waals surface area contributed by atoms with Crippen LogP contribution < -0.4 is 5.32 Å². The summed E-state index contributed by atoms with van der Waals surface area (Å²) < 4.78 is 0. The van der Waals surface area contributed by atoms with Crippen LogP contribution in [0.3, 0.4) is 0 Å². The monoisotopic (exact) mass is 241 g/mol. The molecule has 0 aromatic heterocycles. The third-order valence-corrected chi connectivity index (χ3v) is 3.36. The minimum atomic E-state index is 0.459. The van der Waals surface area contributed by atoms with Crippen molar-refractivity contribution < 1.29 is 0 Å². The van der Waals surface area contributed by atoms with E-state index < -0.39 is 0 Å². The Bertz CT molecular complexity index is 496. The van der Waals surface area contributed by atoms with Gasteiger partial charge < -0.3 is 5.32 Å². The first-order valence-corrected chi connectivity index (χ1v) is 6.93. The number of benzene rings is 2. The lowest BCUT2D eigenvalue weighted by Crippen LogP contribution is -2.22. The van der Waals surface area contributed by atoms with E-state index in [9.17, 15) is 0 Å². The zero-order valence-electron chi connectivity index (χ0n) is 11.6. The predicted molar refractivity (Wildman–Crippen MR) is 79.8 cm³/mol. The summed E-state index contributed by atoms with van der Waals surface area (Å²) in [6.45, 7) is 7.77. The summed E-state index contributed by atoms with van der Waals surface area (Å²) in [5.41, 5.74) is 1.43. The molecule has 0 spiro atoms. The van der Waals surface area contributed by atoms with Crippen LogP contribution in [0.25, 0.3) is 10.8 Å². The second kappa shape index (κ2) is 6.01. The summed E-state index contributed by atoms with van der Waals surface area (Å²) in [7, 11) is 0. The van der Waals surface area contributed by atoms with Crippen LogP contribution in [0.5, 0.6) is 0 Å². The highest BCUT2D eigenvalue weighted by atomic mass is 14.9. The zero-order valence-corrected chi connectivity index (χ0v) is 11.6. The summed E-state index contributed by atoms with van der Waals surface area (Å²) in [6, 6.07) is 15.7. The molecule has 0 aliphatic heterocycles. The Morgan fingerprint density at radius 1 is 1.00 bits per heavy atom. The average molecular weight is 241 g/mol. The van der Waals surface area contributed by atoms with Crippen LogP contribution >= 0.6 is 0 Å². The first kappa shape index (κ1) is 13.1. The largest absolute Gasteiger partial charge is 0.310 e. The van der Waals surface area contributed by atoms with Gasteiger partial charge in [0.1, 0.15) is 0 Å². The lowest BCUT2D eigenvalue weighted by atomic mass is 9.93. The third kappa shape index (κ3) is 2.91. The van der Waals surface area contributed by atoms with E-state index in [1.165, 1.54) is 22.8 Å². The maximum Gasteiger partial charge on any atom is 0.0328 e. The molecule has 0 aliphatic carbocycles. The second-order valence-corrected chi connectivity index (χ2v) is 5.31. The lowest BCUT2D eigenvalue weighted by Gasteiger charge is -2.22. The second-order valence-electron chi connectivity index (χ2n) is 5.31. The number of nitrogens with one attached hydrogen (secondary N) is 1. The van der Waals surface area contributed by atoms with E-state index in [-0.39, 0.29) is 0 Å². The molecule has 0 heterocycles. The minimum absolute atomic E-state index is 0.459. The van der Waals surface area contributed by atoms with Crippen molar-refractivity contribution in [2.75, 3.05) is 6.54 Å². The number of hydrogen-bond donors (Lipinski definition) is 1. The van der Waals surface area contributed by atoms with Crippen LogP contribution in [0.2, 0.25) is 0 Å². The number of rotatable bonds is 5. The van der Waals surface area contributed by atoms with Crippen LogP contribution in [0.1, 0.15) is 38.8 Å². The van der Waals surface area contributed by atoms with Crippen molar-refractivity contribution in [3.63, 3.8) is 0 Å². The summed E-state index contributed by atoms with van der Waals surface area (Å²) in [5.74, 6) is 0.702. The molecule has 96 valence electrons. The van der Waals surface area contributed by atoms with Crippen LogP contribution in [-0.4, -0.2) is 6.54 Å². The molecule has 1 heteroatoms. The van der Waals surface area contributed by atoms with Gasteiger partial charge in [0, 0.05) is 6.04 Å². The molecule has 1 N–H and O–H groups in total. The fourth-order valence-corrected chi connectivity index (χ4v) is 2.59. The van der Waals surface area contributed by atoms with Gasteiger partial charge in [-0.1, -0.05) is 63.2 Å². The molecule has 0 saturated heterocycles. The third-order valence-electron chi connectivity index (χ3n) is 3.36. The summed E-state index contributed by atoms with van der Waals surface area (Å²) in [6.07, 6.45) is 1.18. The van der Waals surface area contributed by atoms with E-state index in [4.69, 9.17) is 0 Å². The fourth-order valence-electron chi connectivity index (χ4n) is 2.59. The summed E-state index contributed by atoms with van der Waals surface area (Å²) >= 11 is 0. The highest BCUT2D eigenvalue weighted by Gasteiger charge is 2.14. The Balaban J connectivity index is 2.43. The van der Waals surface area contributed by atoms with Gasteiger partial charge in [-0.2, -0.15) is 0 Å². The molecule has 0 bridgehead atoms. The Kier molecular flexibility index (Phi) is 4.38. The maximum absolute atomic E-state index is 3.62. The van der Waals surface area contributed by atoms with Crippen LogP contribution in [0.4, 0.5) is 0 Å². The molecular formula is C17H23N. The Labute approximate surface area is 110 Å². The molecule has 1 atom stereocenters. The van der Waals surface area contributed by atoms with Crippen molar-refractivity contribution in [3.05, 3.63) is 48.0 Å². The highest BCUT2D eigenvalue weighted by molar-refractivity contribution is 5.86. The van der Waals surface area contributed by atoms with Crippen molar-refractivity contribution >= 4 is 10.8 Å². The molecule has 0 amide bonds. The van der Waals surface area contributed by atoms with E-state index in [0.29, 0.717) is 12.0 Å². The Morgan fingerprint density at radius 3 is 2.44 bits per heavy atom. The SMILES string of the molecule is CCNC(CC(C)C)c1cccc2ccccc12. The van der Waals surface area contributed by atoms with E-state index in [0.717, 1.165) is 6.54 Å². The summed E-state index contributed by atoms with van der Waals surface area (Å²) in [5, 5.41) is 6.34. The molecule has 1 unspecified atom stereocenters. The fraction of sp³-hybridized carbons (Fsp3) is 0.412. The van der Waals surface area contributed by atoms with Crippen LogP contribution in [0.15, 0.2) is 42.5 Å². The average Bonchev–Trinajstić information content (AvgIpc) is 2.37. The zero-order chi connectivity index (χ0) is 13.0. The van der Waals surface area contributed by atoms with Crippen LogP contribution in [-0.2, 0) is 0 Å². The molecule has 2 aromatic carbocycles.